The minimum atomic E-state index is -0.179. The lowest BCUT2D eigenvalue weighted by atomic mass is 10.1. The van der Waals surface area contributed by atoms with E-state index in [0.29, 0.717) is 6.54 Å². The molecule has 0 spiro atoms. The summed E-state index contributed by atoms with van der Waals surface area (Å²) in [4.78, 5) is 17.6. The number of carbonyl (C=O) groups is 1. The van der Waals surface area contributed by atoms with Crippen LogP contribution in [-0.2, 0) is 22.6 Å². The fourth-order valence-electron chi connectivity index (χ4n) is 1.68. The molecule has 0 fully saturated rings. The van der Waals surface area contributed by atoms with Crippen molar-refractivity contribution in [2.24, 2.45) is 5.16 Å². The van der Waals surface area contributed by atoms with Crippen molar-refractivity contribution in [2.75, 3.05) is 6.61 Å². The molecule has 0 atom stereocenters. The van der Waals surface area contributed by atoms with Crippen LogP contribution in [0, 0.1) is 0 Å². The van der Waals surface area contributed by atoms with Crippen LogP contribution in [0.1, 0.15) is 22.9 Å². The SMILES string of the molecule is CCc1ccc(/C=N\OCC(=O)NCc2cccs2)cc1. The Balaban J connectivity index is 1.67. The predicted molar refractivity (Wildman–Crippen MR) is 85.5 cm³/mol. The van der Waals surface area contributed by atoms with Gasteiger partial charge in [0.1, 0.15) is 0 Å². The molecule has 110 valence electrons. The lowest BCUT2D eigenvalue weighted by Gasteiger charge is -2.02. The number of hydrogen-bond acceptors (Lipinski definition) is 4. The van der Waals surface area contributed by atoms with Gasteiger partial charge in [0.25, 0.3) is 5.91 Å². The number of oxime groups is 1. The number of hydrogen-bond donors (Lipinski definition) is 1. The van der Waals surface area contributed by atoms with E-state index in [1.165, 1.54) is 5.56 Å². The Morgan fingerprint density at radius 3 is 2.81 bits per heavy atom. The van der Waals surface area contributed by atoms with Gasteiger partial charge in [-0.2, -0.15) is 0 Å². The molecule has 2 aromatic rings. The maximum atomic E-state index is 11.5. The standard InChI is InChI=1S/C16H18N2O2S/c1-2-13-5-7-14(8-6-13)10-18-20-12-16(19)17-11-15-4-3-9-21-15/h3-10H,2,11-12H2,1H3,(H,17,19)/b18-10-. The molecule has 21 heavy (non-hydrogen) atoms. The summed E-state index contributed by atoms with van der Waals surface area (Å²) in [5.41, 5.74) is 2.23. The molecule has 1 N–H and O–H groups in total. The maximum Gasteiger partial charge on any atom is 0.261 e. The molecule has 5 heteroatoms. The molecule has 0 saturated carbocycles. The molecule has 0 saturated heterocycles. The summed E-state index contributed by atoms with van der Waals surface area (Å²) in [5, 5.41) is 8.55. The van der Waals surface area contributed by atoms with E-state index in [1.807, 2.05) is 29.6 Å². The van der Waals surface area contributed by atoms with Gasteiger partial charge in [-0.05, 0) is 29.0 Å². The molecule has 2 rings (SSSR count). The van der Waals surface area contributed by atoms with E-state index >= 15 is 0 Å². The third-order valence-corrected chi connectivity index (χ3v) is 3.78. The first-order valence-electron chi connectivity index (χ1n) is 6.81. The highest BCUT2D eigenvalue weighted by Gasteiger charge is 2.01. The summed E-state index contributed by atoms with van der Waals surface area (Å²) in [7, 11) is 0. The first-order valence-corrected chi connectivity index (χ1v) is 7.69. The number of rotatable bonds is 7. The smallest absolute Gasteiger partial charge is 0.261 e. The summed E-state index contributed by atoms with van der Waals surface area (Å²) in [6.07, 6.45) is 2.62. The zero-order valence-corrected chi connectivity index (χ0v) is 12.7. The van der Waals surface area contributed by atoms with Crippen molar-refractivity contribution in [1.29, 1.82) is 0 Å². The third kappa shape index (κ3) is 5.39. The quantitative estimate of drug-likeness (QED) is 0.631. The van der Waals surface area contributed by atoms with Crippen molar-refractivity contribution < 1.29 is 9.63 Å². The normalized spacial score (nSPS) is 10.7. The first kappa shape index (κ1) is 15.3. The molecule has 1 amide bonds. The van der Waals surface area contributed by atoms with E-state index in [2.05, 4.69) is 29.5 Å². The summed E-state index contributed by atoms with van der Waals surface area (Å²) in [6, 6.07) is 12.0. The van der Waals surface area contributed by atoms with Crippen LogP contribution < -0.4 is 5.32 Å². The second-order valence-electron chi connectivity index (χ2n) is 4.46. The van der Waals surface area contributed by atoms with Crippen molar-refractivity contribution in [3.8, 4) is 0 Å². The molecule has 0 aliphatic rings. The number of thiophene rings is 1. The minimum absolute atomic E-state index is 0.0745. The highest BCUT2D eigenvalue weighted by atomic mass is 32.1. The average Bonchev–Trinajstić information content (AvgIpc) is 3.03. The van der Waals surface area contributed by atoms with Crippen LogP contribution >= 0.6 is 11.3 Å². The Labute approximate surface area is 128 Å². The predicted octanol–water partition coefficient (Wildman–Crippen LogP) is 2.98. The highest BCUT2D eigenvalue weighted by Crippen LogP contribution is 2.07. The molecule has 1 aromatic heterocycles. The van der Waals surface area contributed by atoms with Crippen molar-refractivity contribution in [2.45, 2.75) is 19.9 Å². The molecule has 0 aliphatic carbocycles. The largest absolute Gasteiger partial charge is 0.386 e. The van der Waals surface area contributed by atoms with E-state index in [9.17, 15) is 4.79 Å². The molecule has 0 bridgehead atoms. The number of nitrogens with one attached hydrogen (secondary N) is 1. The first-order chi connectivity index (χ1) is 10.3. The fraction of sp³-hybridized carbons (Fsp3) is 0.250. The van der Waals surface area contributed by atoms with Gasteiger partial charge in [-0.3, -0.25) is 4.79 Å². The van der Waals surface area contributed by atoms with Gasteiger partial charge in [-0.1, -0.05) is 42.4 Å². The number of nitrogens with zero attached hydrogens (tertiary/aromatic N) is 1. The van der Waals surface area contributed by atoms with Gasteiger partial charge >= 0.3 is 0 Å². The van der Waals surface area contributed by atoms with Crippen molar-refractivity contribution >= 4 is 23.5 Å². The average molecular weight is 302 g/mol. The zero-order valence-electron chi connectivity index (χ0n) is 11.9. The molecule has 0 aliphatic heterocycles. The number of aryl methyl sites for hydroxylation is 1. The van der Waals surface area contributed by atoms with Crippen LogP contribution in [0.5, 0.6) is 0 Å². The molecule has 4 nitrogen and oxygen atoms in total. The van der Waals surface area contributed by atoms with Crippen LogP contribution in [0.25, 0.3) is 0 Å². The topological polar surface area (TPSA) is 50.7 Å². The van der Waals surface area contributed by atoms with E-state index < -0.39 is 0 Å². The molecule has 0 unspecified atom stereocenters. The number of benzene rings is 1. The Bertz CT molecular complexity index is 577. The Morgan fingerprint density at radius 1 is 1.33 bits per heavy atom. The summed E-state index contributed by atoms with van der Waals surface area (Å²) < 4.78 is 0. The Morgan fingerprint density at radius 2 is 2.14 bits per heavy atom. The second kappa shape index (κ2) is 8.21. The molecule has 1 heterocycles. The number of carbonyl (C=O) groups excluding carboxylic acids is 1. The monoisotopic (exact) mass is 302 g/mol. The Kier molecular flexibility index (Phi) is 5.97. The van der Waals surface area contributed by atoms with Crippen LogP contribution in [0.3, 0.4) is 0 Å². The summed E-state index contributed by atoms with van der Waals surface area (Å²) in [5.74, 6) is -0.179. The van der Waals surface area contributed by atoms with Crippen LogP contribution in [0.2, 0.25) is 0 Å². The van der Waals surface area contributed by atoms with Gasteiger partial charge in [-0.15, -0.1) is 11.3 Å². The van der Waals surface area contributed by atoms with Gasteiger partial charge in [0, 0.05) is 4.88 Å². The summed E-state index contributed by atoms with van der Waals surface area (Å²) >= 11 is 1.61. The van der Waals surface area contributed by atoms with Gasteiger partial charge in [0.15, 0.2) is 6.61 Å². The van der Waals surface area contributed by atoms with Crippen molar-refractivity contribution in [1.82, 2.24) is 5.32 Å². The molecule has 0 radical (unpaired) electrons. The fourth-order valence-corrected chi connectivity index (χ4v) is 2.33. The third-order valence-electron chi connectivity index (χ3n) is 2.90. The summed E-state index contributed by atoms with van der Waals surface area (Å²) in [6.45, 7) is 2.57. The number of amides is 1. The van der Waals surface area contributed by atoms with Crippen molar-refractivity contribution in [3.63, 3.8) is 0 Å². The highest BCUT2D eigenvalue weighted by molar-refractivity contribution is 7.09. The van der Waals surface area contributed by atoms with Gasteiger partial charge in [-0.25, -0.2) is 0 Å². The zero-order chi connectivity index (χ0) is 14.9. The van der Waals surface area contributed by atoms with Gasteiger partial charge < -0.3 is 10.2 Å². The van der Waals surface area contributed by atoms with Crippen LogP contribution in [0.15, 0.2) is 46.9 Å². The van der Waals surface area contributed by atoms with Gasteiger partial charge in [0.05, 0.1) is 12.8 Å². The molecule has 1 aromatic carbocycles. The van der Waals surface area contributed by atoms with E-state index in [0.717, 1.165) is 16.9 Å². The van der Waals surface area contributed by atoms with Crippen LogP contribution in [0.4, 0.5) is 0 Å². The minimum Gasteiger partial charge on any atom is -0.386 e. The molecular weight excluding hydrogens is 284 g/mol. The Hall–Kier alpha value is -2.14. The van der Waals surface area contributed by atoms with Gasteiger partial charge in [0.2, 0.25) is 0 Å². The van der Waals surface area contributed by atoms with Crippen LogP contribution in [-0.4, -0.2) is 18.7 Å². The second-order valence-corrected chi connectivity index (χ2v) is 5.49. The van der Waals surface area contributed by atoms with E-state index in [4.69, 9.17) is 4.84 Å². The molecular formula is C16H18N2O2S. The van der Waals surface area contributed by atoms with Crippen molar-refractivity contribution in [3.05, 3.63) is 57.8 Å². The lowest BCUT2D eigenvalue weighted by molar-refractivity contribution is -0.125. The van der Waals surface area contributed by atoms with E-state index in [-0.39, 0.29) is 12.5 Å². The van der Waals surface area contributed by atoms with E-state index in [1.54, 1.807) is 17.6 Å². The lowest BCUT2D eigenvalue weighted by Crippen LogP contribution is -2.26. The maximum absolute atomic E-state index is 11.5.